The lowest BCUT2D eigenvalue weighted by atomic mass is 9.98. The first-order valence-corrected chi connectivity index (χ1v) is 6.48. The third-order valence-electron chi connectivity index (χ3n) is 2.92. The molecular formula is C15H8F8O2. The van der Waals surface area contributed by atoms with Crippen LogP contribution in [0.5, 0.6) is 11.5 Å². The largest absolute Gasteiger partial charge is 0.573 e. The van der Waals surface area contributed by atoms with Crippen LogP contribution >= 0.6 is 0 Å². The molecule has 0 aliphatic heterocycles. The van der Waals surface area contributed by atoms with Gasteiger partial charge in [-0.3, -0.25) is 0 Å². The number of para-hydroxylation sites is 1. The fourth-order valence-electron chi connectivity index (χ4n) is 2.07. The Morgan fingerprint density at radius 1 is 0.800 bits per heavy atom. The van der Waals surface area contributed by atoms with Gasteiger partial charge >= 0.3 is 19.2 Å². The van der Waals surface area contributed by atoms with Crippen molar-refractivity contribution < 1.29 is 44.6 Å². The van der Waals surface area contributed by atoms with Crippen molar-refractivity contribution in [3.05, 3.63) is 48.0 Å². The molecule has 0 spiro atoms. The van der Waals surface area contributed by atoms with E-state index in [-0.39, 0.29) is 0 Å². The van der Waals surface area contributed by atoms with Crippen molar-refractivity contribution in [3.8, 4) is 22.6 Å². The van der Waals surface area contributed by atoms with E-state index >= 15 is 0 Å². The number of benzene rings is 2. The molecule has 0 saturated carbocycles. The van der Waals surface area contributed by atoms with Gasteiger partial charge in [-0.1, -0.05) is 18.2 Å². The van der Waals surface area contributed by atoms with Gasteiger partial charge < -0.3 is 9.47 Å². The van der Waals surface area contributed by atoms with Gasteiger partial charge in [0, 0.05) is 11.1 Å². The van der Waals surface area contributed by atoms with Gasteiger partial charge in [-0.2, -0.15) is 22.0 Å². The average molecular weight is 372 g/mol. The zero-order valence-corrected chi connectivity index (χ0v) is 12.0. The summed E-state index contributed by atoms with van der Waals surface area (Å²) in [6.45, 7) is -3.31. The Kier molecular flexibility index (Phi) is 5.09. The molecule has 0 unspecified atom stereocenters. The summed E-state index contributed by atoms with van der Waals surface area (Å²) >= 11 is 0. The van der Waals surface area contributed by atoms with E-state index in [4.69, 9.17) is 0 Å². The van der Waals surface area contributed by atoms with Crippen LogP contribution in [0.1, 0.15) is 5.56 Å². The van der Waals surface area contributed by atoms with E-state index in [1.54, 1.807) is 0 Å². The minimum atomic E-state index is -5.15. The van der Waals surface area contributed by atoms with E-state index in [0.717, 1.165) is 18.2 Å². The zero-order chi connectivity index (χ0) is 18.8. The van der Waals surface area contributed by atoms with Crippen LogP contribution in [-0.2, 0) is 6.18 Å². The topological polar surface area (TPSA) is 18.5 Å². The molecule has 2 aromatic rings. The normalized spacial score (nSPS) is 12.4. The van der Waals surface area contributed by atoms with Crippen LogP contribution < -0.4 is 9.47 Å². The van der Waals surface area contributed by atoms with Gasteiger partial charge in [-0.25, -0.2) is 0 Å². The van der Waals surface area contributed by atoms with Crippen molar-refractivity contribution in [2.45, 2.75) is 19.2 Å². The predicted molar refractivity (Wildman–Crippen MR) is 70.2 cm³/mol. The Hall–Kier alpha value is -2.52. The van der Waals surface area contributed by atoms with E-state index in [1.807, 2.05) is 0 Å². The fraction of sp³-hybridized carbons (Fsp3) is 0.200. The highest BCUT2D eigenvalue weighted by Crippen LogP contribution is 2.43. The highest BCUT2D eigenvalue weighted by Gasteiger charge is 2.36. The average Bonchev–Trinajstić information content (AvgIpc) is 2.44. The Morgan fingerprint density at radius 3 is 2.00 bits per heavy atom. The van der Waals surface area contributed by atoms with Gasteiger partial charge in [0.05, 0.1) is 5.56 Å². The third-order valence-corrected chi connectivity index (χ3v) is 2.92. The van der Waals surface area contributed by atoms with Crippen molar-refractivity contribution in [2.24, 2.45) is 0 Å². The molecule has 0 heterocycles. The number of alkyl halides is 8. The molecule has 0 atom stereocenters. The first-order valence-electron chi connectivity index (χ1n) is 6.48. The molecule has 2 nitrogen and oxygen atoms in total. The standard InChI is InChI=1S/C15H8F8O2/c16-13(17)24-8-5-6-11(14(18,19)20)10(7-8)9-3-1-2-4-12(9)25-15(21,22)23/h1-7,13H. The van der Waals surface area contributed by atoms with Crippen LogP contribution in [0.2, 0.25) is 0 Å². The molecule has 0 radical (unpaired) electrons. The van der Waals surface area contributed by atoms with Gasteiger partial charge in [0.2, 0.25) is 0 Å². The van der Waals surface area contributed by atoms with Gasteiger partial charge in [0.1, 0.15) is 11.5 Å². The molecule has 136 valence electrons. The molecule has 2 aromatic carbocycles. The lowest BCUT2D eigenvalue weighted by Crippen LogP contribution is -2.18. The summed E-state index contributed by atoms with van der Waals surface area (Å²) in [7, 11) is 0. The molecule has 0 aliphatic rings. The summed E-state index contributed by atoms with van der Waals surface area (Å²) in [4.78, 5) is 0. The fourth-order valence-corrected chi connectivity index (χ4v) is 2.07. The van der Waals surface area contributed by atoms with Crippen LogP contribution in [0.4, 0.5) is 35.1 Å². The van der Waals surface area contributed by atoms with E-state index in [1.165, 1.54) is 6.07 Å². The monoisotopic (exact) mass is 372 g/mol. The third kappa shape index (κ3) is 4.97. The molecule has 0 fully saturated rings. The highest BCUT2D eigenvalue weighted by molar-refractivity contribution is 5.75. The van der Waals surface area contributed by atoms with Crippen molar-refractivity contribution in [3.63, 3.8) is 0 Å². The summed E-state index contributed by atoms with van der Waals surface area (Å²) in [6, 6.07) is 5.72. The maximum atomic E-state index is 13.1. The molecule has 0 saturated heterocycles. The molecule has 10 heteroatoms. The molecule has 2 rings (SSSR count). The van der Waals surface area contributed by atoms with Crippen LogP contribution in [0.15, 0.2) is 42.5 Å². The molecule has 0 aromatic heterocycles. The Morgan fingerprint density at radius 2 is 1.44 bits per heavy atom. The van der Waals surface area contributed by atoms with Crippen molar-refractivity contribution in [1.82, 2.24) is 0 Å². The second kappa shape index (κ2) is 6.77. The zero-order valence-electron chi connectivity index (χ0n) is 12.0. The van der Waals surface area contributed by atoms with E-state index in [0.29, 0.717) is 18.2 Å². The maximum absolute atomic E-state index is 13.1. The second-order valence-corrected chi connectivity index (χ2v) is 4.63. The van der Waals surface area contributed by atoms with Crippen molar-refractivity contribution >= 4 is 0 Å². The lowest BCUT2D eigenvalue weighted by molar-refractivity contribution is -0.274. The number of hydrogen-bond acceptors (Lipinski definition) is 2. The van der Waals surface area contributed by atoms with E-state index in [2.05, 4.69) is 9.47 Å². The Labute approximate surface area is 135 Å². The van der Waals surface area contributed by atoms with Gasteiger partial charge in [0.15, 0.2) is 0 Å². The number of hydrogen-bond donors (Lipinski definition) is 0. The van der Waals surface area contributed by atoms with E-state index in [9.17, 15) is 35.1 Å². The van der Waals surface area contributed by atoms with Crippen LogP contribution in [0, 0.1) is 0 Å². The second-order valence-electron chi connectivity index (χ2n) is 4.63. The maximum Gasteiger partial charge on any atom is 0.573 e. The number of rotatable bonds is 4. The van der Waals surface area contributed by atoms with Crippen LogP contribution in [-0.4, -0.2) is 13.0 Å². The lowest BCUT2D eigenvalue weighted by Gasteiger charge is -2.18. The minimum Gasteiger partial charge on any atom is -0.435 e. The predicted octanol–water partition coefficient (Wildman–Crippen LogP) is 5.87. The van der Waals surface area contributed by atoms with Gasteiger partial charge in [-0.05, 0) is 24.3 Å². The SMILES string of the molecule is FC(F)Oc1ccc(C(F)(F)F)c(-c2ccccc2OC(F)(F)F)c1. The summed E-state index contributed by atoms with van der Waals surface area (Å²) in [5.74, 6) is -1.55. The molecule has 0 N–H and O–H groups in total. The highest BCUT2D eigenvalue weighted by atomic mass is 19.4. The molecule has 0 aliphatic carbocycles. The van der Waals surface area contributed by atoms with Gasteiger partial charge in [-0.15, -0.1) is 13.2 Å². The molecule has 0 bridgehead atoms. The smallest absolute Gasteiger partial charge is 0.435 e. The summed E-state index contributed by atoms with van der Waals surface area (Å²) in [5, 5.41) is 0. The first-order chi connectivity index (χ1) is 11.5. The summed E-state index contributed by atoms with van der Waals surface area (Å²) in [6.07, 6.45) is -10.1. The molecule has 0 amide bonds. The van der Waals surface area contributed by atoms with E-state index < -0.39 is 47.3 Å². The van der Waals surface area contributed by atoms with Crippen molar-refractivity contribution in [1.29, 1.82) is 0 Å². The summed E-state index contributed by atoms with van der Waals surface area (Å²) in [5.41, 5.74) is -2.69. The van der Waals surface area contributed by atoms with Crippen LogP contribution in [0.25, 0.3) is 11.1 Å². The molecular weight excluding hydrogens is 364 g/mol. The Balaban J connectivity index is 2.64. The first kappa shape index (κ1) is 18.8. The summed E-state index contributed by atoms with van der Waals surface area (Å²) < 4.78 is 109. The quantitative estimate of drug-likeness (QED) is 0.625. The van der Waals surface area contributed by atoms with Crippen molar-refractivity contribution in [2.75, 3.05) is 0 Å². The molecule has 25 heavy (non-hydrogen) atoms. The van der Waals surface area contributed by atoms with Gasteiger partial charge in [0.25, 0.3) is 0 Å². The van der Waals surface area contributed by atoms with Crippen LogP contribution in [0.3, 0.4) is 0 Å². The number of ether oxygens (including phenoxy) is 2. The Bertz CT molecular complexity index is 737. The number of halogens is 8. The minimum absolute atomic E-state index is 0.442.